The van der Waals surface area contributed by atoms with E-state index in [0.717, 1.165) is 161 Å². The van der Waals surface area contributed by atoms with E-state index < -0.39 is 97.5 Å². The fourth-order valence-corrected chi connectivity index (χ4v) is 11.8. The van der Waals surface area contributed by atoms with Crippen LogP contribution in [0.3, 0.4) is 0 Å². The molecule has 0 saturated heterocycles. The van der Waals surface area contributed by atoms with Gasteiger partial charge in [-0.15, -0.1) is 0 Å². The van der Waals surface area contributed by atoms with E-state index in [0.29, 0.717) is 32.1 Å². The summed E-state index contributed by atoms with van der Waals surface area (Å²) in [5.74, 6) is -2.28. The summed E-state index contributed by atoms with van der Waals surface area (Å²) in [5, 5.41) is 10.6. The lowest BCUT2D eigenvalue weighted by Crippen LogP contribution is -2.30. The molecule has 586 valence electrons. The Morgan fingerprint density at radius 3 is 0.775 bits per heavy atom. The average molecular weight is 1470 g/mol. The molecule has 17 nitrogen and oxygen atoms in total. The fraction of sp³-hybridized carbons (Fsp3) is 0.711. The smallest absolute Gasteiger partial charge is 0.462 e. The lowest BCUT2D eigenvalue weighted by molar-refractivity contribution is -0.161. The number of aliphatic hydroxyl groups excluding tert-OH is 1. The van der Waals surface area contributed by atoms with Crippen molar-refractivity contribution in [1.29, 1.82) is 0 Å². The van der Waals surface area contributed by atoms with Crippen molar-refractivity contribution in [2.45, 2.75) is 341 Å². The van der Waals surface area contributed by atoms with Crippen molar-refractivity contribution in [2.75, 3.05) is 39.6 Å². The van der Waals surface area contributed by atoms with Crippen LogP contribution in [0.5, 0.6) is 0 Å². The molecule has 0 fully saturated rings. The van der Waals surface area contributed by atoms with E-state index in [4.69, 9.17) is 37.0 Å². The number of rotatable bonds is 74. The quantitative estimate of drug-likeness (QED) is 0.0169. The van der Waals surface area contributed by atoms with Crippen molar-refractivity contribution in [2.24, 2.45) is 0 Å². The van der Waals surface area contributed by atoms with E-state index >= 15 is 0 Å². The van der Waals surface area contributed by atoms with Crippen LogP contribution in [0, 0.1) is 0 Å². The van der Waals surface area contributed by atoms with Crippen molar-refractivity contribution < 1.29 is 80.2 Å². The first-order valence-electron chi connectivity index (χ1n) is 39.8. The van der Waals surface area contributed by atoms with Gasteiger partial charge < -0.3 is 33.8 Å². The highest BCUT2D eigenvalue weighted by molar-refractivity contribution is 7.47. The van der Waals surface area contributed by atoms with E-state index in [1.54, 1.807) is 0 Å². The summed E-state index contributed by atoms with van der Waals surface area (Å²) in [4.78, 5) is 73.0. The first-order valence-corrected chi connectivity index (χ1v) is 42.8. The molecule has 0 aromatic carbocycles. The third-order valence-electron chi connectivity index (χ3n) is 16.4. The molecule has 102 heavy (non-hydrogen) atoms. The van der Waals surface area contributed by atoms with Gasteiger partial charge in [0.25, 0.3) is 0 Å². The zero-order valence-electron chi connectivity index (χ0n) is 64.0. The number of carbonyl (C=O) groups is 4. The van der Waals surface area contributed by atoms with Crippen LogP contribution in [0.15, 0.2) is 122 Å². The summed E-state index contributed by atoms with van der Waals surface area (Å²) in [6, 6.07) is 0. The second kappa shape index (κ2) is 74.7. The molecule has 19 heteroatoms. The van der Waals surface area contributed by atoms with Crippen molar-refractivity contribution in [3.05, 3.63) is 122 Å². The van der Waals surface area contributed by atoms with Crippen molar-refractivity contribution in [3.63, 3.8) is 0 Å². The van der Waals surface area contributed by atoms with Crippen LogP contribution < -0.4 is 0 Å². The molecular formula is C83H142O17P2. The van der Waals surface area contributed by atoms with Gasteiger partial charge in [-0.1, -0.05) is 258 Å². The number of unbranched alkanes of at least 4 members (excludes halogenated alkanes) is 28. The van der Waals surface area contributed by atoms with Gasteiger partial charge in [-0.3, -0.25) is 37.3 Å². The Kier molecular flexibility index (Phi) is 71.4. The molecule has 0 aliphatic carbocycles. The van der Waals surface area contributed by atoms with Gasteiger partial charge in [0, 0.05) is 25.7 Å². The van der Waals surface area contributed by atoms with E-state index in [9.17, 15) is 43.2 Å². The molecule has 0 spiro atoms. The van der Waals surface area contributed by atoms with Crippen molar-refractivity contribution in [3.8, 4) is 0 Å². The second-order valence-corrected chi connectivity index (χ2v) is 29.2. The molecule has 0 aliphatic rings. The highest BCUT2D eigenvalue weighted by Crippen LogP contribution is 2.45. The molecule has 0 heterocycles. The standard InChI is InChI=1S/C83H142O17P2/c1-5-9-13-17-21-25-29-33-37-38-42-44-48-52-56-60-64-68-81(86)94-74-79(100-83(88)70-66-62-58-54-50-46-41-36-32-28-24-20-16-12-8-4)76-98-102(91,92)96-72-77(84)71-95-101(89,90)97-75-78(99-82(87)69-65-61-57-53-49-45-40-35-31-27-23-19-15-11-7-3)73-93-80(85)67-63-59-55-51-47-43-39-34-30-26-22-18-14-10-6-2/h21-28,33-37,39-42,44,52,56,77-79,84H,5-20,29-32,38,43,45-51,53-55,57-76H2,1-4H3,(H,89,90)(H,91,92)/b25-21-,26-22-,27-23-,28-24-,37-33-,39-34-,40-35-,41-36-,44-42-,56-52-/t77?,78-,79-/m1/s1. The highest BCUT2D eigenvalue weighted by atomic mass is 31.2. The number of phosphoric acid groups is 2. The lowest BCUT2D eigenvalue weighted by Gasteiger charge is -2.21. The van der Waals surface area contributed by atoms with Crippen LogP contribution in [-0.2, 0) is 65.4 Å². The monoisotopic (exact) mass is 1470 g/mol. The number of phosphoric ester groups is 2. The predicted octanol–water partition coefficient (Wildman–Crippen LogP) is 23.1. The summed E-state index contributed by atoms with van der Waals surface area (Å²) in [7, 11) is -9.98. The number of allylic oxidation sites excluding steroid dienone is 20. The minimum atomic E-state index is -5.00. The molecule has 0 rings (SSSR count). The maximum Gasteiger partial charge on any atom is 0.472 e. The van der Waals surface area contributed by atoms with Crippen LogP contribution in [0.4, 0.5) is 0 Å². The Hall–Kier alpha value is -4.54. The third-order valence-corrected chi connectivity index (χ3v) is 18.3. The van der Waals surface area contributed by atoms with Gasteiger partial charge in [-0.2, -0.15) is 0 Å². The number of hydrogen-bond acceptors (Lipinski definition) is 15. The predicted molar refractivity (Wildman–Crippen MR) is 418 cm³/mol. The minimum Gasteiger partial charge on any atom is -0.462 e. The Labute approximate surface area is 619 Å². The summed E-state index contributed by atoms with van der Waals surface area (Å²) < 4.78 is 68.5. The largest absolute Gasteiger partial charge is 0.472 e. The lowest BCUT2D eigenvalue weighted by atomic mass is 10.1. The molecule has 0 aromatic rings. The van der Waals surface area contributed by atoms with Gasteiger partial charge in [0.2, 0.25) is 0 Å². The number of hydrogen-bond donors (Lipinski definition) is 3. The summed E-state index contributed by atoms with van der Waals surface area (Å²) in [6.07, 6.45) is 81.8. The summed E-state index contributed by atoms with van der Waals surface area (Å²) in [6.45, 7) is 4.67. The van der Waals surface area contributed by atoms with Crippen LogP contribution >= 0.6 is 15.6 Å². The summed E-state index contributed by atoms with van der Waals surface area (Å²) in [5.41, 5.74) is 0. The maximum atomic E-state index is 13.1. The van der Waals surface area contributed by atoms with Gasteiger partial charge >= 0.3 is 39.5 Å². The highest BCUT2D eigenvalue weighted by Gasteiger charge is 2.30. The molecule has 0 aromatic heterocycles. The van der Waals surface area contributed by atoms with Gasteiger partial charge in [0.05, 0.1) is 26.4 Å². The molecule has 3 N–H and O–H groups in total. The van der Waals surface area contributed by atoms with Gasteiger partial charge in [-0.25, -0.2) is 9.13 Å². The first kappa shape index (κ1) is 97.5. The molecule has 0 saturated carbocycles. The van der Waals surface area contributed by atoms with Crippen molar-refractivity contribution in [1.82, 2.24) is 0 Å². The van der Waals surface area contributed by atoms with E-state index in [1.807, 2.05) is 12.2 Å². The minimum absolute atomic E-state index is 0.0648. The Bertz CT molecular complexity index is 2410. The van der Waals surface area contributed by atoms with E-state index in [-0.39, 0.29) is 25.7 Å². The Morgan fingerprint density at radius 1 is 0.275 bits per heavy atom. The molecule has 0 bridgehead atoms. The molecule has 3 unspecified atom stereocenters. The normalized spacial score (nSPS) is 14.5. The SMILES string of the molecule is CCCCC/C=C\C/C=C\C/C=C\C/C=C\CCCC(=O)OC[C@H](COP(=O)(O)OCC(O)COP(=O)(O)OC[C@@H](COC(=O)CCCCCCC/C=C\C/C=C\CCCCC)OC(=O)CCCCCCC/C=C\C/C=C\CCCCC)OC(=O)CCCCCCC/C=C\C/C=C\CCCCC. The van der Waals surface area contributed by atoms with Crippen LogP contribution in [0.2, 0.25) is 0 Å². The third kappa shape index (κ3) is 73.8. The molecular weight excluding hydrogens is 1330 g/mol. The molecule has 0 radical (unpaired) electrons. The van der Waals surface area contributed by atoms with E-state index in [2.05, 4.69) is 137 Å². The fourth-order valence-electron chi connectivity index (χ4n) is 10.2. The molecule has 0 amide bonds. The second-order valence-electron chi connectivity index (χ2n) is 26.3. The number of aliphatic hydroxyl groups is 1. The molecule has 5 atom stereocenters. The number of esters is 4. The Morgan fingerprint density at radius 2 is 0.490 bits per heavy atom. The van der Waals surface area contributed by atoms with Gasteiger partial charge in [0.1, 0.15) is 19.3 Å². The van der Waals surface area contributed by atoms with Crippen LogP contribution in [0.1, 0.15) is 323 Å². The first-order chi connectivity index (χ1) is 49.7. The topological polar surface area (TPSA) is 237 Å². The van der Waals surface area contributed by atoms with Crippen LogP contribution in [-0.4, -0.2) is 96.7 Å². The number of ether oxygens (including phenoxy) is 4. The van der Waals surface area contributed by atoms with Gasteiger partial charge in [-0.05, 0) is 161 Å². The zero-order chi connectivity index (χ0) is 74.6. The molecule has 0 aliphatic heterocycles. The summed E-state index contributed by atoms with van der Waals surface area (Å²) >= 11 is 0. The zero-order valence-corrected chi connectivity index (χ0v) is 65.8. The maximum absolute atomic E-state index is 13.1. The number of carbonyl (C=O) groups excluding carboxylic acids is 4. The van der Waals surface area contributed by atoms with Gasteiger partial charge in [0.15, 0.2) is 12.2 Å². The Balaban J connectivity index is 5.44. The van der Waals surface area contributed by atoms with Crippen LogP contribution in [0.25, 0.3) is 0 Å². The van der Waals surface area contributed by atoms with Crippen molar-refractivity contribution >= 4 is 39.5 Å². The average Bonchev–Trinajstić information content (AvgIpc) is 0.923. The van der Waals surface area contributed by atoms with E-state index in [1.165, 1.54) is 77.0 Å².